The number of rotatable bonds is 11. The number of carbonyl (C=O) groups is 4. The molecule has 5 N–H and O–H groups in total. The molecule has 1 aliphatic carbocycles. The summed E-state index contributed by atoms with van der Waals surface area (Å²) in [4.78, 5) is 60.2. The van der Waals surface area contributed by atoms with Gasteiger partial charge in [-0.25, -0.2) is 14.5 Å². The van der Waals surface area contributed by atoms with E-state index in [0.29, 0.717) is 12.0 Å². The van der Waals surface area contributed by atoms with Gasteiger partial charge in [0.1, 0.15) is 35.5 Å². The third-order valence-electron chi connectivity index (χ3n) is 5.92. The fourth-order valence-electron chi connectivity index (χ4n) is 4.10. The van der Waals surface area contributed by atoms with Gasteiger partial charge in [-0.05, 0) is 34.9 Å². The molecular formula is C21H21N9O7S3. The zero-order valence-electron chi connectivity index (χ0n) is 20.4. The highest BCUT2D eigenvalue weighted by atomic mass is 32.2. The van der Waals surface area contributed by atoms with Gasteiger partial charge in [-0.15, -0.1) is 28.2 Å². The monoisotopic (exact) mass is 607 g/mol. The van der Waals surface area contributed by atoms with E-state index in [0.717, 1.165) is 39.1 Å². The second kappa shape index (κ2) is 11.6. The van der Waals surface area contributed by atoms with E-state index in [1.165, 1.54) is 11.8 Å². The first kappa shape index (κ1) is 27.6. The number of allylic oxidation sites excluding steroid dienone is 1. The molecule has 2 aliphatic heterocycles. The van der Waals surface area contributed by atoms with Gasteiger partial charge in [0.05, 0.1) is 0 Å². The number of aromatic nitrogens is 5. The summed E-state index contributed by atoms with van der Waals surface area (Å²) in [5.41, 5.74) is 6.01. The molecule has 2 aromatic rings. The first-order valence-electron chi connectivity index (χ1n) is 11.7. The molecule has 1 saturated heterocycles. The lowest BCUT2D eigenvalue weighted by Crippen LogP contribution is -2.71. The molecule has 0 aromatic carbocycles. The summed E-state index contributed by atoms with van der Waals surface area (Å²) < 4.78 is 1.08. The van der Waals surface area contributed by atoms with Crippen molar-refractivity contribution in [1.29, 1.82) is 0 Å². The number of hydrogen-bond donors (Lipinski definition) is 4. The lowest BCUT2D eigenvalue weighted by molar-refractivity contribution is -0.150. The van der Waals surface area contributed by atoms with Gasteiger partial charge >= 0.3 is 11.9 Å². The largest absolute Gasteiger partial charge is 0.480 e. The van der Waals surface area contributed by atoms with Crippen LogP contribution in [0.3, 0.4) is 0 Å². The number of nitrogens with one attached hydrogen (secondary N) is 1. The number of anilines is 1. The first-order chi connectivity index (χ1) is 19.2. The van der Waals surface area contributed by atoms with Gasteiger partial charge in [-0.2, -0.15) is 0 Å². The molecule has 3 aliphatic rings. The normalized spacial score (nSPS) is 22.2. The molecule has 0 radical (unpaired) electrons. The molecule has 0 spiro atoms. The van der Waals surface area contributed by atoms with Crippen LogP contribution in [0.25, 0.3) is 0 Å². The molecule has 0 saturated carbocycles. The number of thiazole rings is 1. The molecule has 2 aromatic heterocycles. The Kier molecular flexibility index (Phi) is 8.03. The van der Waals surface area contributed by atoms with Crippen LogP contribution in [0.15, 0.2) is 39.1 Å². The summed E-state index contributed by atoms with van der Waals surface area (Å²) in [6.07, 6.45) is 5.03. The van der Waals surface area contributed by atoms with Crippen molar-refractivity contribution in [2.75, 3.05) is 17.2 Å². The van der Waals surface area contributed by atoms with Crippen molar-refractivity contribution in [3.8, 4) is 0 Å². The number of thioether (sulfide) groups is 2. The predicted molar refractivity (Wildman–Crippen MR) is 142 cm³/mol. The number of carbonyl (C=O) groups excluding carboxylic acids is 2. The maximum Gasteiger partial charge on any atom is 0.352 e. The molecule has 1 fully saturated rings. The molecule has 3 atom stereocenters. The number of fused-ring (bicyclic) bond motifs is 1. The lowest BCUT2D eigenvalue weighted by Gasteiger charge is -2.49. The highest BCUT2D eigenvalue weighted by Crippen LogP contribution is 2.41. The van der Waals surface area contributed by atoms with Crippen LogP contribution in [-0.2, 0) is 30.6 Å². The molecular weight excluding hydrogens is 586 g/mol. The maximum atomic E-state index is 13.2. The SMILES string of the molecule is Nc1nc(C(=NOC2C=CCC2)C(=O)NC2C(=O)N3C(C(=O)O)=C(CSc4nnnn4CC(=O)O)CS[C@H]23)cs1. The van der Waals surface area contributed by atoms with E-state index in [4.69, 9.17) is 15.7 Å². The van der Waals surface area contributed by atoms with Crippen LogP contribution in [0.5, 0.6) is 0 Å². The molecule has 4 heterocycles. The van der Waals surface area contributed by atoms with Gasteiger partial charge < -0.3 is 26.1 Å². The summed E-state index contributed by atoms with van der Waals surface area (Å²) in [7, 11) is 0. The first-order valence-corrected chi connectivity index (χ1v) is 14.6. The number of amides is 2. The summed E-state index contributed by atoms with van der Waals surface area (Å²) in [6.45, 7) is -0.454. The maximum absolute atomic E-state index is 13.2. The average molecular weight is 608 g/mol. The Morgan fingerprint density at radius 1 is 1.32 bits per heavy atom. The van der Waals surface area contributed by atoms with E-state index in [2.05, 4.69) is 31.0 Å². The lowest BCUT2D eigenvalue weighted by atomic mass is 10.0. The quantitative estimate of drug-likeness (QED) is 0.0850. The number of β-lactam (4-membered cyclic amide) rings is 1. The van der Waals surface area contributed by atoms with E-state index in [9.17, 15) is 24.3 Å². The van der Waals surface area contributed by atoms with Crippen molar-refractivity contribution in [1.82, 2.24) is 35.4 Å². The third kappa shape index (κ3) is 5.65. The number of oxime groups is 1. The summed E-state index contributed by atoms with van der Waals surface area (Å²) in [5.74, 6) is -3.39. The van der Waals surface area contributed by atoms with Crippen LogP contribution < -0.4 is 11.1 Å². The Labute approximate surface area is 237 Å². The zero-order chi connectivity index (χ0) is 28.4. The number of hydrogen-bond acceptors (Lipinski definition) is 14. The van der Waals surface area contributed by atoms with Gasteiger partial charge in [0.25, 0.3) is 11.8 Å². The van der Waals surface area contributed by atoms with Crippen molar-refractivity contribution < 1.29 is 34.2 Å². The number of nitrogens with zero attached hydrogens (tertiary/aromatic N) is 7. The van der Waals surface area contributed by atoms with Crippen molar-refractivity contribution in [2.45, 2.75) is 42.1 Å². The van der Waals surface area contributed by atoms with Gasteiger partial charge in [0.15, 0.2) is 10.8 Å². The van der Waals surface area contributed by atoms with Gasteiger partial charge in [-0.3, -0.25) is 19.3 Å². The second-order valence-electron chi connectivity index (χ2n) is 8.58. The minimum absolute atomic E-state index is 0.108. The van der Waals surface area contributed by atoms with E-state index in [1.54, 1.807) is 5.38 Å². The number of aliphatic carboxylic acids is 2. The Hall–Kier alpha value is -3.97. The Balaban J connectivity index is 1.29. The van der Waals surface area contributed by atoms with Crippen LogP contribution in [0.4, 0.5) is 5.13 Å². The van der Waals surface area contributed by atoms with Crippen LogP contribution in [0.2, 0.25) is 0 Å². The number of carboxylic acids is 2. The van der Waals surface area contributed by atoms with Crippen LogP contribution in [0.1, 0.15) is 18.5 Å². The average Bonchev–Trinajstić information content (AvgIpc) is 3.68. The number of tetrazole rings is 1. The molecule has 16 nitrogen and oxygen atoms in total. The summed E-state index contributed by atoms with van der Waals surface area (Å²) in [5, 5.41) is 37.7. The van der Waals surface area contributed by atoms with E-state index in [1.807, 2.05) is 12.2 Å². The molecule has 0 bridgehead atoms. The van der Waals surface area contributed by atoms with E-state index in [-0.39, 0.29) is 45.0 Å². The molecule has 5 rings (SSSR count). The summed E-state index contributed by atoms with van der Waals surface area (Å²) >= 11 is 3.45. The summed E-state index contributed by atoms with van der Waals surface area (Å²) in [6, 6.07) is -1.00. The van der Waals surface area contributed by atoms with E-state index < -0.39 is 41.7 Å². The minimum Gasteiger partial charge on any atom is -0.480 e. The smallest absolute Gasteiger partial charge is 0.352 e. The standard InChI is InChI=1S/C21H21N9O7S3/c22-20-23-11(8-39-20)13(26-37-10-3-1-2-4-10)16(33)24-14-17(34)30-15(19(35)36)9(6-38-18(14)30)7-40-21-25-27-28-29(21)5-12(31)32/h1,3,8,10,14,18H,2,4-7H2,(H2,22,23)(H,24,33)(H,31,32)(H,35,36)/t10?,14?,18-/m1/s1. The highest BCUT2D eigenvalue weighted by molar-refractivity contribution is 8.01. The minimum atomic E-state index is -1.30. The molecule has 19 heteroatoms. The van der Waals surface area contributed by atoms with Crippen molar-refractivity contribution in [3.05, 3.63) is 34.5 Å². The zero-order valence-corrected chi connectivity index (χ0v) is 22.8. The molecule has 210 valence electrons. The Bertz CT molecular complexity index is 1450. The van der Waals surface area contributed by atoms with Crippen molar-refractivity contribution in [3.63, 3.8) is 0 Å². The Morgan fingerprint density at radius 3 is 2.83 bits per heavy atom. The number of carboxylic acid groups (broad SMARTS) is 2. The number of nitrogen functional groups attached to an aromatic ring is 1. The highest BCUT2D eigenvalue weighted by Gasteiger charge is 2.54. The van der Waals surface area contributed by atoms with Crippen molar-refractivity contribution in [2.24, 2.45) is 5.16 Å². The Morgan fingerprint density at radius 2 is 2.15 bits per heavy atom. The molecule has 40 heavy (non-hydrogen) atoms. The second-order valence-corrected chi connectivity index (χ2v) is 11.5. The van der Waals surface area contributed by atoms with Crippen LogP contribution in [0, 0.1) is 0 Å². The van der Waals surface area contributed by atoms with Gasteiger partial charge in [-0.1, -0.05) is 23.0 Å². The van der Waals surface area contributed by atoms with Gasteiger partial charge in [0.2, 0.25) is 5.16 Å². The molecule has 2 unspecified atom stereocenters. The molecule has 2 amide bonds. The van der Waals surface area contributed by atoms with Crippen molar-refractivity contribution >= 4 is 69.5 Å². The fourth-order valence-corrected chi connectivity index (χ4v) is 7.01. The van der Waals surface area contributed by atoms with Gasteiger partial charge in [0, 0.05) is 16.9 Å². The topological polar surface area (TPSA) is 228 Å². The predicted octanol–water partition coefficient (Wildman–Crippen LogP) is -0.233. The van der Waals surface area contributed by atoms with Crippen LogP contribution >= 0.6 is 34.9 Å². The van der Waals surface area contributed by atoms with Crippen LogP contribution in [-0.4, -0.2) is 98.8 Å². The third-order valence-corrected chi connectivity index (χ3v) is 8.98. The fraction of sp³-hybridized carbons (Fsp3) is 0.381. The number of nitrogens with two attached hydrogens (primary N) is 1. The van der Waals surface area contributed by atoms with E-state index >= 15 is 0 Å².